The van der Waals surface area contributed by atoms with Gasteiger partial charge in [-0.3, -0.25) is 9.11 Å². The molecule has 0 aliphatic carbocycles. The maximum absolute atomic E-state index is 10.6. The Morgan fingerprint density at radius 2 is 1.76 bits per heavy atom. The van der Waals surface area contributed by atoms with Crippen LogP contribution in [0, 0.1) is 0 Å². The van der Waals surface area contributed by atoms with Crippen LogP contribution in [0.15, 0.2) is 40.0 Å². The van der Waals surface area contributed by atoms with E-state index in [2.05, 4.69) is 15.1 Å². The molecule has 9 nitrogen and oxygen atoms in total. The van der Waals surface area contributed by atoms with Crippen molar-refractivity contribution in [2.45, 2.75) is 0 Å². The van der Waals surface area contributed by atoms with Crippen LogP contribution >= 0.6 is 0 Å². The van der Waals surface area contributed by atoms with Gasteiger partial charge in [-0.25, -0.2) is 8.42 Å². The highest BCUT2D eigenvalue weighted by Gasteiger charge is 2.11. The molecule has 0 heterocycles. The first kappa shape index (κ1) is 15.5. The van der Waals surface area contributed by atoms with Crippen LogP contribution in [-0.2, 0) is 22.5 Å². The predicted octanol–water partition coefficient (Wildman–Crippen LogP) is 1.82. The number of hydrogen-bond acceptors (Lipinski definition) is 5. The fraction of sp³-hybridized carbons (Fsp3) is 0. The SMILES string of the molecule is O=S(O)N=Nc1cc(NNS(=O)O)c(O)c2ccccc12. The normalized spacial score (nSPS) is 14.4. The highest BCUT2D eigenvalue weighted by Crippen LogP contribution is 2.39. The van der Waals surface area contributed by atoms with Gasteiger partial charge in [0.2, 0.25) is 11.3 Å². The Labute approximate surface area is 123 Å². The quantitative estimate of drug-likeness (QED) is 0.245. The van der Waals surface area contributed by atoms with Crippen LogP contribution in [0.3, 0.4) is 0 Å². The second-order valence-corrected chi connectivity index (χ2v) is 5.05. The van der Waals surface area contributed by atoms with Gasteiger partial charge in [-0.2, -0.15) is 0 Å². The highest BCUT2D eigenvalue weighted by molar-refractivity contribution is 7.77. The maximum Gasteiger partial charge on any atom is 0.301 e. The van der Waals surface area contributed by atoms with Crippen molar-refractivity contribution < 1.29 is 22.6 Å². The molecule has 0 amide bonds. The van der Waals surface area contributed by atoms with Gasteiger partial charge >= 0.3 is 11.3 Å². The van der Waals surface area contributed by atoms with Gasteiger partial charge in [0.25, 0.3) is 0 Å². The summed E-state index contributed by atoms with van der Waals surface area (Å²) in [6.07, 6.45) is 0. The van der Waals surface area contributed by atoms with Crippen molar-refractivity contribution >= 4 is 44.7 Å². The Kier molecular flexibility index (Phi) is 4.93. The summed E-state index contributed by atoms with van der Waals surface area (Å²) in [5.41, 5.74) is 2.61. The van der Waals surface area contributed by atoms with E-state index in [-0.39, 0.29) is 17.1 Å². The fourth-order valence-corrected chi connectivity index (χ4v) is 2.05. The number of fused-ring (bicyclic) bond motifs is 1. The zero-order valence-electron chi connectivity index (χ0n) is 10.3. The number of nitrogens with one attached hydrogen (secondary N) is 2. The van der Waals surface area contributed by atoms with E-state index in [9.17, 15) is 13.5 Å². The Morgan fingerprint density at radius 1 is 1.10 bits per heavy atom. The minimum atomic E-state index is -2.46. The van der Waals surface area contributed by atoms with Crippen LogP contribution < -0.4 is 10.3 Å². The van der Waals surface area contributed by atoms with E-state index >= 15 is 0 Å². The monoisotopic (exact) mass is 330 g/mol. The molecule has 0 saturated carbocycles. The molecule has 0 radical (unpaired) electrons. The summed E-state index contributed by atoms with van der Waals surface area (Å²) in [7, 11) is 0. The van der Waals surface area contributed by atoms with Crippen LogP contribution in [0.25, 0.3) is 10.8 Å². The standard InChI is InChI=1S/C10H10N4O5S2/c15-10-7-4-2-1-3-6(7)8(11-13-20(16)17)5-9(10)12-14-21(18)19/h1-5,12,14-15H,(H,16,17)(H,18,19). The van der Waals surface area contributed by atoms with E-state index in [1.54, 1.807) is 24.3 Å². The van der Waals surface area contributed by atoms with Crippen molar-refractivity contribution in [2.24, 2.45) is 9.63 Å². The summed E-state index contributed by atoms with van der Waals surface area (Å²) >= 11 is -4.80. The van der Waals surface area contributed by atoms with Crippen molar-refractivity contribution in [3.8, 4) is 5.75 Å². The van der Waals surface area contributed by atoms with Crippen molar-refractivity contribution in [3.05, 3.63) is 30.3 Å². The molecule has 0 aromatic heterocycles. The number of nitrogens with zero attached hydrogens (tertiary/aromatic N) is 2. The molecule has 2 atom stereocenters. The van der Waals surface area contributed by atoms with Gasteiger partial charge in [0.1, 0.15) is 5.75 Å². The molecule has 5 N–H and O–H groups in total. The summed E-state index contributed by atoms with van der Waals surface area (Å²) in [5.74, 6) is -0.173. The lowest BCUT2D eigenvalue weighted by atomic mass is 10.1. The van der Waals surface area contributed by atoms with Crippen LogP contribution in [0.4, 0.5) is 11.4 Å². The second kappa shape index (κ2) is 6.69. The fourth-order valence-electron chi connectivity index (χ4n) is 1.70. The molecule has 2 rings (SSSR count). The third-order valence-corrected chi connectivity index (χ3v) is 2.98. The van der Waals surface area contributed by atoms with Gasteiger partial charge in [-0.1, -0.05) is 28.8 Å². The van der Waals surface area contributed by atoms with Crippen molar-refractivity contribution in [1.29, 1.82) is 0 Å². The summed E-state index contributed by atoms with van der Waals surface area (Å²) in [6.45, 7) is 0. The van der Waals surface area contributed by atoms with E-state index in [4.69, 9.17) is 9.11 Å². The third kappa shape index (κ3) is 3.80. The van der Waals surface area contributed by atoms with E-state index in [1.165, 1.54) is 6.07 Å². The Balaban J connectivity index is 2.57. The Bertz CT molecular complexity index is 752. The van der Waals surface area contributed by atoms with Crippen LogP contribution in [-0.4, -0.2) is 22.6 Å². The molecular formula is C10H10N4O5S2. The van der Waals surface area contributed by atoms with E-state index in [1.807, 2.05) is 4.83 Å². The first-order chi connectivity index (χ1) is 9.99. The number of phenolic OH excluding ortho intramolecular Hbond substituents is 1. The van der Waals surface area contributed by atoms with Gasteiger partial charge in [0.05, 0.1) is 11.4 Å². The van der Waals surface area contributed by atoms with Crippen LogP contribution in [0.5, 0.6) is 5.75 Å². The van der Waals surface area contributed by atoms with Crippen molar-refractivity contribution in [1.82, 2.24) is 4.83 Å². The van der Waals surface area contributed by atoms with Gasteiger partial charge in [-0.15, -0.1) is 9.95 Å². The molecule has 112 valence electrons. The second-order valence-electron chi connectivity index (χ2n) is 3.73. The molecule has 0 bridgehead atoms. The number of benzene rings is 2. The van der Waals surface area contributed by atoms with E-state index in [0.717, 1.165) is 0 Å². The molecule has 11 heteroatoms. The molecule has 2 aromatic carbocycles. The summed E-state index contributed by atoms with van der Waals surface area (Å²) in [6, 6.07) is 7.93. The molecule has 0 fully saturated rings. The number of rotatable bonds is 5. The van der Waals surface area contributed by atoms with Crippen molar-refractivity contribution in [3.63, 3.8) is 0 Å². The molecule has 21 heavy (non-hydrogen) atoms. The number of hydrogen-bond donors (Lipinski definition) is 5. The lowest BCUT2D eigenvalue weighted by Crippen LogP contribution is -2.23. The maximum atomic E-state index is 10.6. The molecule has 2 aromatic rings. The summed E-state index contributed by atoms with van der Waals surface area (Å²) in [4.78, 5) is 2.00. The highest BCUT2D eigenvalue weighted by atomic mass is 32.2. The minimum Gasteiger partial charge on any atom is -0.505 e. The largest absolute Gasteiger partial charge is 0.505 e. The zero-order valence-corrected chi connectivity index (χ0v) is 11.9. The first-order valence-corrected chi connectivity index (χ1v) is 7.56. The number of hydrazine groups is 1. The first-order valence-electron chi connectivity index (χ1n) is 5.39. The van der Waals surface area contributed by atoms with Gasteiger partial charge < -0.3 is 10.5 Å². The molecule has 0 spiro atoms. The Morgan fingerprint density at radius 3 is 2.38 bits per heavy atom. The average molecular weight is 330 g/mol. The number of aromatic hydroxyl groups is 1. The predicted molar refractivity (Wildman–Crippen MR) is 78.4 cm³/mol. The zero-order chi connectivity index (χ0) is 15.4. The number of phenols is 1. The lowest BCUT2D eigenvalue weighted by molar-refractivity contribution is 0.483. The average Bonchev–Trinajstić information content (AvgIpc) is 2.45. The van der Waals surface area contributed by atoms with Crippen LogP contribution in [0.1, 0.15) is 0 Å². The smallest absolute Gasteiger partial charge is 0.301 e. The van der Waals surface area contributed by atoms with Gasteiger partial charge in [0.15, 0.2) is 0 Å². The number of anilines is 1. The molecular weight excluding hydrogens is 320 g/mol. The van der Waals surface area contributed by atoms with E-state index < -0.39 is 22.5 Å². The summed E-state index contributed by atoms with van der Waals surface area (Å²) in [5, 5.41) is 14.6. The molecule has 2 unspecified atom stereocenters. The van der Waals surface area contributed by atoms with Gasteiger partial charge in [0, 0.05) is 10.8 Å². The minimum absolute atomic E-state index is 0.0637. The van der Waals surface area contributed by atoms with Crippen molar-refractivity contribution in [2.75, 3.05) is 5.43 Å². The van der Waals surface area contributed by atoms with Crippen LogP contribution in [0.2, 0.25) is 0 Å². The van der Waals surface area contributed by atoms with E-state index in [0.29, 0.717) is 10.8 Å². The third-order valence-electron chi connectivity index (χ3n) is 2.49. The Hall–Kier alpha value is -1.92. The molecule has 0 saturated heterocycles. The summed E-state index contributed by atoms with van der Waals surface area (Å²) < 4.78 is 41.6. The molecule has 0 aliphatic heterocycles. The lowest BCUT2D eigenvalue weighted by Gasteiger charge is -2.11. The van der Waals surface area contributed by atoms with Gasteiger partial charge in [-0.05, 0) is 6.07 Å². The topological polar surface area (TPSA) is 144 Å². The molecule has 0 aliphatic rings.